The Balaban J connectivity index is 1.66. The van der Waals surface area contributed by atoms with Gasteiger partial charge in [0.25, 0.3) is 5.91 Å². The first-order chi connectivity index (χ1) is 18.2. The van der Waals surface area contributed by atoms with Gasteiger partial charge < -0.3 is 9.88 Å². The number of halogens is 2. The summed E-state index contributed by atoms with van der Waals surface area (Å²) < 4.78 is 58.5. The number of anilines is 1. The van der Waals surface area contributed by atoms with Crippen LogP contribution in [0.15, 0.2) is 77.9 Å². The highest BCUT2D eigenvalue weighted by molar-refractivity contribution is 7.94. The smallest absolute Gasteiger partial charge is 0.321 e. The van der Waals surface area contributed by atoms with Gasteiger partial charge in [0.2, 0.25) is 15.6 Å². The number of pyridine rings is 1. The molecule has 9 nitrogen and oxygen atoms in total. The van der Waals surface area contributed by atoms with Gasteiger partial charge in [-0.3, -0.25) is 13.9 Å². The third-order valence-corrected chi connectivity index (χ3v) is 9.73. The minimum Gasteiger partial charge on any atom is -0.344 e. The summed E-state index contributed by atoms with van der Waals surface area (Å²) in [7, 11) is -2.54. The fourth-order valence-corrected chi connectivity index (χ4v) is 6.89. The molecule has 2 aromatic carbocycles. The number of rotatable bonds is 5. The molecule has 0 aliphatic carbocycles. The Morgan fingerprint density at radius 3 is 2.36 bits per heavy atom. The number of nitrogens with zero attached hydrogens (tertiary/aromatic N) is 4. The number of carbonyl (C=O) groups excluding carboxylic acids is 1. The average molecular weight is 556 g/mol. The fourth-order valence-electron chi connectivity index (χ4n) is 4.94. The van der Waals surface area contributed by atoms with Gasteiger partial charge in [-0.05, 0) is 43.7 Å². The number of amides is 1. The van der Waals surface area contributed by atoms with Gasteiger partial charge in [0.15, 0.2) is 0 Å². The molecule has 4 aromatic rings. The van der Waals surface area contributed by atoms with Gasteiger partial charge in [-0.25, -0.2) is 13.1 Å². The van der Waals surface area contributed by atoms with E-state index in [9.17, 15) is 26.8 Å². The third kappa shape index (κ3) is 4.28. The van der Waals surface area contributed by atoms with E-state index in [1.807, 2.05) is 0 Å². The molecule has 0 bridgehead atoms. The molecule has 2 aromatic heterocycles. The maximum Gasteiger partial charge on any atom is 0.321 e. The number of carbonyl (C=O) groups is 1. The lowest BCUT2D eigenvalue weighted by Gasteiger charge is -2.30. The van der Waals surface area contributed by atoms with E-state index in [2.05, 4.69) is 10.4 Å². The molecule has 5 rings (SSSR count). The molecule has 1 aliphatic rings. The number of sulfonamides is 1. The van der Waals surface area contributed by atoms with Crippen LogP contribution in [0.5, 0.6) is 0 Å². The number of alkyl halides is 2. The monoisotopic (exact) mass is 555 g/mol. The van der Waals surface area contributed by atoms with E-state index in [4.69, 9.17) is 0 Å². The summed E-state index contributed by atoms with van der Waals surface area (Å²) in [5.74, 6) is -5.24. The van der Waals surface area contributed by atoms with Crippen LogP contribution in [0.2, 0.25) is 0 Å². The topological polar surface area (TPSA) is 106 Å². The highest BCUT2D eigenvalue weighted by atomic mass is 32.2. The molecule has 1 aliphatic heterocycles. The normalized spacial score (nSPS) is 20.3. The zero-order valence-electron chi connectivity index (χ0n) is 21.7. The lowest BCUT2D eigenvalue weighted by Crippen LogP contribution is -2.53. The van der Waals surface area contributed by atoms with Crippen LogP contribution in [0.4, 0.5) is 14.5 Å². The van der Waals surface area contributed by atoms with Gasteiger partial charge in [0.1, 0.15) is 4.75 Å². The minimum absolute atomic E-state index is 0.172. The van der Waals surface area contributed by atoms with Crippen molar-refractivity contribution in [2.24, 2.45) is 7.05 Å². The second-order valence-electron chi connectivity index (χ2n) is 10.2. The van der Waals surface area contributed by atoms with Gasteiger partial charge in [-0.1, -0.05) is 30.3 Å². The molecule has 1 saturated heterocycles. The van der Waals surface area contributed by atoms with Gasteiger partial charge >= 0.3 is 5.92 Å². The first kappa shape index (κ1) is 26.5. The van der Waals surface area contributed by atoms with Crippen LogP contribution >= 0.6 is 0 Å². The molecule has 0 saturated carbocycles. The molecule has 1 fully saturated rings. The third-order valence-electron chi connectivity index (χ3n) is 7.19. The number of benzene rings is 2. The Bertz CT molecular complexity index is 1740. The zero-order valence-corrected chi connectivity index (χ0v) is 22.5. The van der Waals surface area contributed by atoms with Crippen LogP contribution < -0.4 is 15.2 Å². The van der Waals surface area contributed by atoms with Crippen molar-refractivity contribution < 1.29 is 22.0 Å². The largest absolute Gasteiger partial charge is 0.344 e. The Morgan fingerprint density at radius 1 is 1.05 bits per heavy atom. The summed E-state index contributed by atoms with van der Waals surface area (Å²) in [6.45, 7) is 3.32. The molecule has 1 amide bonds. The second kappa shape index (κ2) is 9.01. The average Bonchev–Trinajstić information content (AvgIpc) is 3.36. The molecule has 204 valence electrons. The SMILES string of the molecule is Cn1cc(-n2ncc3cc(N4[C@H](c5ccccc5)[C@@H](NC(=O)C(C)(F)F)C(C)(C)S4(=O)=O)ccc32)ccc1=O. The minimum atomic E-state index is -4.17. The summed E-state index contributed by atoms with van der Waals surface area (Å²) in [6, 6.07) is 14.5. The molecule has 12 heteroatoms. The lowest BCUT2D eigenvalue weighted by atomic mass is 9.90. The Kier molecular flexibility index (Phi) is 6.13. The van der Waals surface area contributed by atoms with E-state index in [-0.39, 0.29) is 5.56 Å². The van der Waals surface area contributed by atoms with Crippen molar-refractivity contribution in [3.63, 3.8) is 0 Å². The van der Waals surface area contributed by atoms with E-state index >= 15 is 0 Å². The number of aromatic nitrogens is 3. The Morgan fingerprint density at radius 2 is 1.72 bits per heavy atom. The summed E-state index contributed by atoms with van der Waals surface area (Å²) in [4.78, 5) is 24.2. The van der Waals surface area contributed by atoms with Crippen molar-refractivity contribution in [2.45, 2.75) is 43.5 Å². The molecule has 1 N–H and O–H groups in total. The fraction of sp³-hybridized carbons (Fsp3) is 0.296. The standard InChI is InChI=1S/C27H27F2N5O4S/c1-26(2)24(31-25(36)27(3,28)29)23(17-8-6-5-7-9-17)34(39(26,37)38)19-10-12-21-18(14-19)15-30-33(21)20-11-13-22(35)32(4)16-20/h5-16,23-24H,1-4H3,(H,31,36)/t23-,24-/m1/s1. The van der Waals surface area contributed by atoms with Crippen molar-refractivity contribution >= 4 is 32.5 Å². The molecular weight excluding hydrogens is 528 g/mol. The van der Waals surface area contributed by atoms with E-state index < -0.39 is 38.7 Å². The summed E-state index contributed by atoms with van der Waals surface area (Å²) >= 11 is 0. The predicted octanol–water partition coefficient (Wildman–Crippen LogP) is 3.53. The van der Waals surface area contributed by atoms with Gasteiger partial charge in [-0.15, -0.1) is 0 Å². The highest BCUT2D eigenvalue weighted by Crippen LogP contribution is 2.48. The van der Waals surface area contributed by atoms with Gasteiger partial charge in [0, 0.05) is 31.6 Å². The summed E-state index contributed by atoms with van der Waals surface area (Å²) in [6.07, 6.45) is 3.21. The first-order valence-corrected chi connectivity index (χ1v) is 13.6. The van der Waals surface area contributed by atoms with E-state index in [1.165, 1.54) is 28.8 Å². The van der Waals surface area contributed by atoms with E-state index in [0.29, 0.717) is 34.8 Å². The first-order valence-electron chi connectivity index (χ1n) is 12.2. The Hall–Kier alpha value is -4.06. The number of nitrogens with one attached hydrogen (secondary N) is 1. The van der Waals surface area contributed by atoms with Crippen molar-refractivity contribution in [3.05, 3.63) is 89.0 Å². The van der Waals surface area contributed by atoms with Crippen molar-refractivity contribution in [1.29, 1.82) is 0 Å². The van der Waals surface area contributed by atoms with Crippen molar-refractivity contribution in [3.8, 4) is 5.69 Å². The van der Waals surface area contributed by atoms with Crippen molar-refractivity contribution in [2.75, 3.05) is 4.31 Å². The van der Waals surface area contributed by atoms with Crippen LogP contribution in [0.3, 0.4) is 0 Å². The molecule has 0 radical (unpaired) electrons. The molecule has 3 heterocycles. The number of hydrogen-bond donors (Lipinski definition) is 1. The maximum absolute atomic E-state index is 14.0. The van der Waals surface area contributed by atoms with E-state index in [1.54, 1.807) is 78.7 Å². The van der Waals surface area contributed by atoms with Gasteiger partial charge in [-0.2, -0.15) is 13.9 Å². The Labute approximate surface area is 223 Å². The van der Waals surface area contributed by atoms with Crippen LogP contribution in [0.25, 0.3) is 16.6 Å². The second-order valence-corrected chi connectivity index (χ2v) is 12.6. The molecule has 0 spiro atoms. The molecule has 2 atom stereocenters. The highest BCUT2D eigenvalue weighted by Gasteiger charge is 2.60. The van der Waals surface area contributed by atoms with Gasteiger partial charge in [0.05, 0.1) is 35.2 Å². The predicted molar refractivity (Wildman–Crippen MR) is 144 cm³/mol. The van der Waals surface area contributed by atoms with Crippen LogP contribution in [0.1, 0.15) is 32.4 Å². The van der Waals surface area contributed by atoms with Crippen LogP contribution in [-0.2, 0) is 21.9 Å². The summed E-state index contributed by atoms with van der Waals surface area (Å²) in [5.41, 5.74) is 1.97. The summed E-state index contributed by atoms with van der Waals surface area (Å²) in [5, 5.41) is 7.37. The molecular formula is C27H27F2N5O4S. The lowest BCUT2D eigenvalue weighted by molar-refractivity contribution is -0.144. The number of aryl methyl sites for hydroxylation is 1. The maximum atomic E-state index is 14.0. The molecule has 0 unspecified atom stereocenters. The van der Waals surface area contributed by atoms with Crippen LogP contribution in [-0.4, -0.2) is 45.4 Å². The van der Waals surface area contributed by atoms with E-state index in [0.717, 1.165) is 0 Å². The van der Waals surface area contributed by atoms with Crippen molar-refractivity contribution in [1.82, 2.24) is 19.7 Å². The van der Waals surface area contributed by atoms with Crippen LogP contribution in [0, 0.1) is 0 Å². The number of fused-ring (bicyclic) bond motifs is 1. The molecule has 39 heavy (non-hydrogen) atoms. The number of hydrogen-bond acceptors (Lipinski definition) is 5. The zero-order chi connectivity index (χ0) is 28.3. The quantitative estimate of drug-likeness (QED) is 0.406.